The molecule has 1 N–H and O–H groups in total. The van der Waals surface area contributed by atoms with Crippen molar-refractivity contribution in [2.24, 2.45) is 5.92 Å². The lowest BCUT2D eigenvalue weighted by atomic mass is 9.98. The van der Waals surface area contributed by atoms with Crippen LogP contribution in [0.25, 0.3) is 0 Å². The Labute approximate surface area is 127 Å². The average molecular weight is 280 g/mol. The molecule has 1 atom stereocenters. The van der Waals surface area contributed by atoms with Gasteiger partial charge in [-0.1, -0.05) is 51.3 Å². The van der Waals surface area contributed by atoms with Crippen molar-refractivity contribution in [3.63, 3.8) is 0 Å². The molecule has 0 radical (unpaired) electrons. The van der Waals surface area contributed by atoms with E-state index in [0.717, 1.165) is 12.3 Å². The largest absolute Gasteiger partial charge is 0.387 e. The van der Waals surface area contributed by atoms with Crippen LogP contribution in [-0.4, -0.2) is 6.04 Å². The summed E-state index contributed by atoms with van der Waals surface area (Å²) in [4.78, 5) is 0. The van der Waals surface area contributed by atoms with Crippen LogP contribution in [0.4, 0.5) is 0 Å². The monoisotopic (exact) mass is 279 g/mol. The highest BCUT2D eigenvalue weighted by Gasteiger charge is 1.99. The van der Waals surface area contributed by atoms with Crippen LogP contribution in [0.3, 0.4) is 0 Å². The van der Waals surface area contributed by atoms with E-state index in [9.17, 15) is 0 Å². The molecule has 0 aliphatic carbocycles. The number of hydrogen-bond donors (Lipinski definition) is 1. The highest BCUT2D eigenvalue weighted by molar-refractivity contribution is 4.98. The van der Waals surface area contributed by atoms with E-state index in [1.54, 1.807) is 5.57 Å². The van der Waals surface area contributed by atoms with Gasteiger partial charge in [-0.05, 0) is 58.8 Å². The summed E-state index contributed by atoms with van der Waals surface area (Å²) in [6, 6.07) is 0.515. The maximum atomic E-state index is 4.07. The molecule has 0 aromatic rings. The highest BCUT2D eigenvalue weighted by atomic mass is 14.9. The molecule has 0 aliphatic rings. The molecule has 1 heteroatoms. The smallest absolute Gasteiger partial charge is 0.0201 e. The summed E-state index contributed by atoms with van der Waals surface area (Å²) >= 11 is 0. The zero-order valence-corrected chi connectivity index (χ0v) is 14.6. The van der Waals surface area contributed by atoms with Gasteiger partial charge in [0, 0.05) is 11.7 Å². The van der Waals surface area contributed by atoms with Crippen LogP contribution in [0.1, 0.15) is 86.0 Å². The first kappa shape index (κ1) is 19.3. The molecule has 20 heavy (non-hydrogen) atoms. The van der Waals surface area contributed by atoms with Crippen LogP contribution in [-0.2, 0) is 0 Å². The van der Waals surface area contributed by atoms with Crippen LogP contribution in [0.2, 0.25) is 0 Å². The molecule has 0 aromatic heterocycles. The molecular formula is C19H37N. The van der Waals surface area contributed by atoms with Gasteiger partial charge >= 0.3 is 0 Å². The fourth-order valence-electron chi connectivity index (χ4n) is 2.44. The molecule has 118 valence electrons. The van der Waals surface area contributed by atoms with E-state index in [1.807, 2.05) is 0 Å². The second-order valence-corrected chi connectivity index (χ2v) is 6.62. The Bertz CT molecular complexity index is 275. The second kappa shape index (κ2) is 12.1. The molecule has 1 unspecified atom stereocenters. The molecule has 0 amide bonds. The molecule has 0 spiro atoms. The van der Waals surface area contributed by atoms with Crippen LogP contribution in [0.5, 0.6) is 0 Å². The number of nitrogens with one attached hydrogen (secondary N) is 1. The lowest BCUT2D eigenvalue weighted by Crippen LogP contribution is -2.21. The Morgan fingerprint density at radius 2 is 1.75 bits per heavy atom. The van der Waals surface area contributed by atoms with Crippen molar-refractivity contribution in [1.82, 2.24) is 5.32 Å². The van der Waals surface area contributed by atoms with Gasteiger partial charge in [-0.2, -0.15) is 0 Å². The van der Waals surface area contributed by atoms with Crippen molar-refractivity contribution < 1.29 is 0 Å². The summed E-state index contributed by atoms with van der Waals surface area (Å²) in [6.45, 7) is 15.3. The number of allylic oxidation sites excluding steroid dienone is 3. The molecule has 1 nitrogen and oxygen atoms in total. The molecule has 0 aromatic carbocycles. The summed E-state index contributed by atoms with van der Waals surface area (Å²) in [6.07, 6.45) is 12.7. The molecule has 0 saturated carbocycles. The van der Waals surface area contributed by atoms with Gasteiger partial charge in [-0.3, -0.25) is 0 Å². The van der Waals surface area contributed by atoms with Gasteiger partial charge in [-0.25, -0.2) is 0 Å². The summed E-state index contributed by atoms with van der Waals surface area (Å²) < 4.78 is 0. The van der Waals surface area contributed by atoms with E-state index < -0.39 is 0 Å². The summed E-state index contributed by atoms with van der Waals surface area (Å²) in [7, 11) is 0. The number of rotatable bonds is 12. The third-order valence-corrected chi connectivity index (χ3v) is 3.79. The van der Waals surface area contributed by atoms with Crippen LogP contribution in [0.15, 0.2) is 23.9 Å². The predicted molar refractivity (Wildman–Crippen MR) is 92.9 cm³/mol. The van der Waals surface area contributed by atoms with Crippen LogP contribution in [0, 0.1) is 5.92 Å². The Morgan fingerprint density at radius 3 is 2.35 bits per heavy atom. The van der Waals surface area contributed by atoms with Gasteiger partial charge in [0.15, 0.2) is 0 Å². The molecular weight excluding hydrogens is 242 g/mol. The van der Waals surface area contributed by atoms with Crippen molar-refractivity contribution in [1.29, 1.82) is 0 Å². The fraction of sp³-hybridized carbons (Fsp3) is 0.789. The summed E-state index contributed by atoms with van der Waals surface area (Å²) in [5.41, 5.74) is 2.78. The minimum absolute atomic E-state index is 0.515. The van der Waals surface area contributed by atoms with Gasteiger partial charge in [-0.15, -0.1) is 0 Å². The van der Waals surface area contributed by atoms with E-state index in [0.29, 0.717) is 6.04 Å². The molecule has 0 heterocycles. The van der Waals surface area contributed by atoms with E-state index in [2.05, 4.69) is 52.6 Å². The predicted octanol–water partition coefficient (Wildman–Crippen LogP) is 6.22. The molecule has 0 rings (SSSR count). The zero-order chi connectivity index (χ0) is 15.4. The van der Waals surface area contributed by atoms with Crippen LogP contribution < -0.4 is 5.32 Å². The van der Waals surface area contributed by atoms with E-state index in [1.165, 1.54) is 50.6 Å². The average Bonchev–Trinajstić information content (AvgIpc) is 2.36. The van der Waals surface area contributed by atoms with Crippen LogP contribution >= 0.6 is 0 Å². The second-order valence-electron chi connectivity index (χ2n) is 6.62. The first-order chi connectivity index (χ1) is 9.45. The Morgan fingerprint density at radius 1 is 1.10 bits per heavy atom. The molecule has 0 aliphatic heterocycles. The third-order valence-electron chi connectivity index (χ3n) is 3.79. The molecule has 0 fully saturated rings. The van der Waals surface area contributed by atoms with E-state index in [-0.39, 0.29) is 0 Å². The Balaban J connectivity index is 3.48. The van der Waals surface area contributed by atoms with Gasteiger partial charge in [0.05, 0.1) is 0 Å². The maximum Gasteiger partial charge on any atom is 0.0201 e. The topological polar surface area (TPSA) is 12.0 Å². The van der Waals surface area contributed by atoms with Crippen molar-refractivity contribution in [3.05, 3.63) is 23.9 Å². The van der Waals surface area contributed by atoms with Crippen molar-refractivity contribution >= 4 is 0 Å². The molecule has 0 bridgehead atoms. The first-order valence-electron chi connectivity index (χ1n) is 8.55. The SMILES string of the molecule is C=C(CCCCCC/C=C(\C)CC(C)CC)NC(C)C. The number of unbranched alkanes of at least 4 members (excludes halogenated alkanes) is 4. The Kier molecular flexibility index (Phi) is 11.6. The lowest BCUT2D eigenvalue weighted by Gasteiger charge is -2.12. The van der Waals surface area contributed by atoms with Crippen molar-refractivity contribution in [3.8, 4) is 0 Å². The maximum absolute atomic E-state index is 4.07. The van der Waals surface area contributed by atoms with Gasteiger partial charge in [0.1, 0.15) is 0 Å². The standard InChI is InChI=1S/C19H37N/c1-7-17(4)15-18(5)13-11-9-8-10-12-14-19(6)20-16(2)3/h13,16-17,20H,6-12,14-15H2,1-5H3/b18-13+. The summed E-state index contributed by atoms with van der Waals surface area (Å²) in [5.74, 6) is 0.839. The summed E-state index contributed by atoms with van der Waals surface area (Å²) in [5, 5.41) is 3.38. The normalized spacial score (nSPS) is 13.6. The third kappa shape index (κ3) is 12.3. The quantitative estimate of drug-likeness (QED) is 0.330. The minimum atomic E-state index is 0.515. The number of hydrogen-bond acceptors (Lipinski definition) is 1. The van der Waals surface area contributed by atoms with E-state index >= 15 is 0 Å². The van der Waals surface area contributed by atoms with Gasteiger partial charge < -0.3 is 5.32 Å². The minimum Gasteiger partial charge on any atom is -0.387 e. The zero-order valence-electron chi connectivity index (χ0n) is 14.6. The highest BCUT2D eigenvalue weighted by Crippen LogP contribution is 2.15. The van der Waals surface area contributed by atoms with Gasteiger partial charge in [0.2, 0.25) is 0 Å². The van der Waals surface area contributed by atoms with Crippen molar-refractivity contribution in [2.45, 2.75) is 92.0 Å². The first-order valence-corrected chi connectivity index (χ1v) is 8.55. The van der Waals surface area contributed by atoms with E-state index in [4.69, 9.17) is 0 Å². The molecule has 0 saturated heterocycles. The lowest BCUT2D eigenvalue weighted by molar-refractivity contribution is 0.554. The van der Waals surface area contributed by atoms with Crippen molar-refractivity contribution in [2.75, 3.05) is 0 Å². The fourth-order valence-corrected chi connectivity index (χ4v) is 2.44. The van der Waals surface area contributed by atoms with Gasteiger partial charge in [0.25, 0.3) is 0 Å². The Hall–Kier alpha value is -0.720.